The molecule has 2 heterocycles. The average molecular weight is 347 g/mol. The predicted molar refractivity (Wildman–Crippen MR) is 94.2 cm³/mol. The highest BCUT2D eigenvalue weighted by Gasteiger charge is 2.24. The fraction of sp³-hybridized carbons (Fsp3) is 0.294. The second-order valence-electron chi connectivity index (χ2n) is 6.10. The fourth-order valence-electron chi connectivity index (χ4n) is 3.25. The van der Waals surface area contributed by atoms with Gasteiger partial charge in [0.05, 0.1) is 11.1 Å². The number of aromatic nitrogens is 2. The standard InChI is InChI=1S/C17H15ClN2O2S/c1-9-2-7-13-12(8-9)14-15(23-13)19-17(22)20(16(14)21)11-5-3-10(18)4-6-11/h3-6,9H,2,7-8H2,1H3,(H,19,22). The molecule has 1 N–H and O–H groups in total. The van der Waals surface area contributed by atoms with E-state index in [9.17, 15) is 9.59 Å². The normalized spacial score (nSPS) is 17.4. The first kappa shape index (κ1) is 14.7. The van der Waals surface area contributed by atoms with Gasteiger partial charge < -0.3 is 0 Å². The van der Waals surface area contributed by atoms with Gasteiger partial charge in [-0.25, -0.2) is 9.36 Å². The van der Waals surface area contributed by atoms with Gasteiger partial charge >= 0.3 is 5.69 Å². The first-order valence-corrected chi connectivity index (χ1v) is 8.79. The van der Waals surface area contributed by atoms with Gasteiger partial charge in [0.15, 0.2) is 0 Å². The van der Waals surface area contributed by atoms with Crippen LogP contribution in [0.15, 0.2) is 33.9 Å². The molecule has 2 aromatic heterocycles. The Bertz CT molecular complexity index is 1010. The molecule has 1 aliphatic carbocycles. The zero-order chi connectivity index (χ0) is 16.1. The SMILES string of the molecule is CC1CCc2sc3[nH]c(=O)n(-c4ccc(Cl)cc4)c(=O)c3c2C1. The van der Waals surface area contributed by atoms with Gasteiger partial charge in [-0.1, -0.05) is 18.5 Å². The van der Waals surface area contributed by atoms with Crippen LogP contribution in [0.1, 0.15) is 23.8 Å². The number of hydrogen-bond acceptors (Lipinski definition) is 3. The average Bonchev–Trinajstić information content (AvgIpc) is 2.86. The monoisotopic (exact) mass is 346 g/mol. The zero-order valence-electron chi connectivity index (χ0n) is 12.6. The summed E-state index contributed by atoms with van der Waals surface area (Å²) in [6, 6.07) is 6.73. The van der Waals surface area contributed by atoms with Crippen molar-refractivity contribution in [1.29, 1.82) is 0 Å². The predicted octanol–water partition coefficient (Wildman–Crippen LogP) is 3.52. The first-order chi connectivity index (χ1) is 11.0. The van der Waals surface area contributed by atoms with E-state index in [0.29, 0.717) is 26.8 Å². The summed E-state index contributed by atoms with van der Waals surface area (Å²) in [6.45, 7) is 2.20. The van der Waals surface area contributed by atoms with Crippen molar-refractivity contribution in [3.63, 3.8) is 0 Å². The van der Waals surface area contributed by atoms with Crippen molar-refractivity contribution in [2.24, 2.45) is 5.92 Å². The number of aromatic amines is 1. The van der Waals surface area contributed by atoms with E-state index in [0.717, 1.165) is 24.8 Å². The number of halogens is 1. The molecular formula is C17H15ClN2O2S. The Kier molecular flexibility index (Phi) is 3.43. The number of rotatable bonds is 1. The number of fused-ring (bicyclic) bond motifs is 3. The van der Waals surface area contributed by atoms with Crippen LogP contribution in [0.4, 0.5) is 0 Å². The van der Waals surface area contributed by atoms with Crippen LogP contribution in [-0.2, 0) is 12.8 Å². The molecule has 6 heteroatoms. The van der Waals surface area contributed by atoms with Crippen LogP contribution >= 0.6 is 22.9 Å². The molecule has 23 heavy (non-hydrogen) atoms. The fourth-order valence-corrected chi connectivity index (χ4v) is 4.61. The third-order valence-electron chi connectivity index (χ3n) is 4.43. The smallest absolute Gasteiger partial charge is 0.298 e. The maximum Gasteiger partial charge on any atom is 0.334 e. The minimum atomic E-state index is -0.406. The quantitative estimate of drug-likeness (QED) is 0.733. The highest BCUT2D eigenvalue weighted by Crippen LogP contribution is 2.35. The summed E-state index contributed by atoms with van der Waals surface area (Å²) < 4.78 is 1.20. The number of thiophene rings is 1. The van der Waals surface area contributed by atoms with Crippen molar-refractivity contribution < 1.29 is 0 Å². The van der Waals surface area contributed by atoms with E-state index >= 15 is 0 Å². The number of nitrogens with one attached hydrogen (secondary N) is 1. The second-order valence-corrected chi connectivity index (χ2v) is 7.64. The molecule has 0 bridgehead atoms. The lowest BCUT2D eigenvalue weighted by Crippen LogP contribution is -2.33. The maximum atomic E-state index is 13.0. The van der Waals surface area contributed by atoms with E-state index in [1.807, 2.05) is 0 Å². The summed E-state index contributed by atoms with van der Waals surface area (Å²) in [5, 5.41) is 1.24. The van der Waals surface area contributed by atoms with Crippen LogP contribution in [0.3, 0.4) is 0 Å². The third kappa shape index (κ3) is 2.35. The summed E-state index contributed by atoms with van der Waals surface area (Å²) in [5.41, 5.74) is 1.01. The molecule has 118 valence electrons. The molecule has 0 saturated heterocycles. The van der Waals surface area contributed by atoms with Crippen molar-refractivity contribution >= 4 is 33.2 Å². The van der Waals surface area contributed by atoms with E-state index in [2.05, 4.69) is 11.9 Å². The largest absolute Gasteiger partial charge is 0.334 e. The van der Waals surface area contributed by atoms with Crippen molar-refractivity contribution in [3.05, 3.63) is 60.6 Å². The van der Waals surface area contributed by atoms with Gasteiger partial charge in [0.25, 0.3) is 5.56 Å². The van der Waals surface area contributed by atoms with E-state index in [1.54, 1.807) is 35.6 Å². The van der Waals surface area contributed by atoms with Crippen LogP contribution in [0.2, 0.25) is 5.02 Å². The van der Waals surface area contributed by atoms with Crippen LogP contribution in [0.5, 0.6) is 0 Å². The minimum absolute atomic E-state index is 0.238. The lowest BCUT2D eigenvalue weighted by molar-refractivity contribution is 0.508. The number of H-pyrrole nitrogens is 1. The molecule has 4 nitrogen and oxygen atoms in total. The Balaban J connectivity index is 2.03. The number of aryl methyl sites for hydroxylation is 1. The van der Waals surface area contributed by atoms with Crippen LogP contribution < -0.4 is 11.2 Å². The van der Waals surface area contributed by atoms with Crippen molar-refractivity contribution in [3.8, 4) is 5.69 Å². The highest BCUT2D eigenvalue weighted by atomic mass is 35.5. The Labute approximate surface area is 141 Å². The molecule has 0 saturated carbocycles. The molecule has 0 amide bonds. The summed E-state index contributed by atoms with van der Waals surface area (Å²) in [6.07, 6.45) is 3.02. The molecule has 4 rings (SSSR count). The topological polar surface area (TPSA) is 54.9 Å². The van der Waals surface area contributed by atoms with Gasteiger partial charge in [-0.2, -0.15) is 0 Å². The van der Waals surface area contributed by atoms with Gasteiger partial charge in [0.2, 0.25) is 0 Å². The van der Waals surface area contributed by atoms with Crippen molar-refractivity contribution in [2.75, 3.05) is 0 Å². The molecule has 0 aliphatic heterocycles. The summed E-state index contributed by atoms with van der Waals surface area (Å²) in [5.74, 6) is 0.565. The molecule has 1 aliphatic rings. The Morgan fingerprint density at radius 2 is 2.00 bits per heavy atom. The van der Waals surface area contributed by atoms with Gasteiger partial charge in [0, 0.05) is 9.90 Å². The van der Waals surface area contributed by atoms with Crippen molar-refractivity contribution in [2.45, 2.75) is 26.2 Å². The molecule has 1 unspecified atom stereocenters. The Morgan fingerprint density at radius 1 is 1.26 bits per heavy atom. The second kappa shape index (κ2) is 5.35. The van der Waals surface area contributed by atoms with E-state index in [4.69, 9.17) is 11.6 Å². The summed E-state index contributed by atoms with van der Waals surface area (Å²) in [4.78, 5) is 30.2. The number of hydrogen-bond donors (Lipinski definition) is 1. The van der Waals surface area contributed by atoms with Crippen LogP contribution in [0, 0.1) is 5.92 Å². The summed E-state index contributed by atoms with van der Waals surface area (Å²) in [7, 11) is 0. The maximum absolute atomic E-state index is 13.0. The minimum Gasteiger partial charge on any atom is -0.298 e. The van der Waals surface area contributed by atoms with E-state index in [-0.39, 0.29) is 5.56 Å². The molecular weight excluding hydrogens is 332 g/mol. The van der Waals surface area contributed by atoms with E-state index < -0.39 is 5.69 Å². The van der Waals surface area contributed by atoms with E-state index in [1.165, 1.54) is 9.44 Å². The first-order valence-electron chi connectivity index (χ1n) is 7.60. The molecule has 1 aromatic carbocycles. The summed E-state index contributed by atoms with van der Waals surface area (Å²) >= 11 is 7.44. The lowest BCUT2D eigenvalue weighted by Gasteiger charge is -2.17. The molecule has 0 radical (unpaired) electrons. The van der Waals surface area contributed by atoms with Gasteiger partial charge in [0.1, 0.15) is 4.83 Å². The van der Waals surface area contributed by atoms with Gasteiger partial charge in [-0.3, -0.25) is 9.78 Å². The van der Waals surface area contributed by atoms with Crippen molar-refractivity contribution in [1.82, 2.24) is 9.55 Å². The molecule has 0 spiro atoms. The molecule has 3 aromatic rings. The molecule has 0 fully saturated rings. The van der Waals surface area contributed by atoms with Gasteiger partial charge in [-0.05, 0) is 55.0 Å². The lowest BCUT2D eigenvalue weighted by atomic mass is 9.89. The Morgan fingerprint density at radius 3 is 2.74 bits per heavy atom. The third-order valence-corrected chi connectivity index (χ3v) is 5.89. The van der Waals surface area contributed by atoms with Gasteiger partial charge in [-0.15, -0.1) is 11.3 Å². The van der Waals surface area contributed by atoms with Crippen LogP contribution in [-0.4, -0.2) is 9.55 Å². The van der Waals surface area contributed by atoms with Crippen LogP contribution in [0.25, 0.3) is 15.9 Å². The Hall–Kier alpha value is -1.85. The molecule has 1 atom stereocenters. The number of benzene rings is 1. The number of nitrogens with zero attached hydrogens (tertiary/aromatic N) is 1. The highest BCUT2D eigenvalue weighted by molar-refractivity contribution is 7.18. The zero-order valence-corrected chi connectivity index (χ0v) is 14.1.